The van der Waals surface area contributed by atoms with E-state index in [-0.39, 0.29) is 10.9 Å². The highest BCUT2D eigenvalue weighted by atomic mass is 35.5. The van der Waals surface area contributed by atoms with Crippen molar-refractivity contribution in [3.05, 3.63) is 33.8 Å². The largest absolute Gasteiger partial charge is 0.480 e. The van der Waals surface area contributed by atoms with Crippen molar-refractivity contribution >= 4 is 41.0 Å². The monoisotopic (exact) mass is 358 g/mol. The smallest absolute Gasteiger partial charge is 0.325 e. The van der Waals surface area contributed by atoms with Crippen molar-refractivity contribution in [3.8, 4) is 0 Å². The van der Waals surface area contributed by atoms with Gasteiger partial charge in [-0.25, -0.2) is 0 Å². The highest BCUT2D eigenvalue weighted by molar-refractivity contribution is 6.42. The van der Waals surface area contributed by atoms with Crippen LogP contribution in [0.4, 0.5) is 0 Å². The lowest BCUT2D eigenvalue weighted by atomic mass is 10.1. The van der Waals surface area contributed by atoms with Gasteiger partial charge in [0.25, 0.3) is 5.91 Å². The van der Waals surface area contributed by atoms with Crippen LogP contribution >= 0.6 is 23.2 Å². The van der Waals surface area contributed by atoms with Crippen molar-refractivity contribution in [2.45, 2.75) is 31.8 Å². The summed E-state index contributed by atoms with van der Waals surface area (Å²) < 4.78 is 0. The Morgan fingerprint density at radius 1 is 1.30 bits per heavy atom. The first-order valence-corrected chi connectivity index (χ1v) is 7.86. The molecule has 0 radical (unpaired) electrons. The van der Waals surface area contributed by atoms with E-state index in [1.807, 2.05) is 0 Å². The fourth-order valence-electron chi connectivity index (χ4n) is 2.45. The summed E-state index contributed by atoms with van der Waals surface area (Å²) in [6.07, 6.45) is 1.16. The Balaban J connectivity index is 2.14. The first kappa shape index (κ1) is 17.6. The average Bonchev–Trinajstić information content (AvgIpc) is 2.98. The normalized spacial score (nSPS) is 18.6. The zero-order chi connectivity index (χ0) is 17.1. The molecule has 1 aromatic rings. The Bertz CT molecular complexity index is 650. The molecule has 2 amide bonds. The molecule has 1 fully saturated rings. The van der Waals surface area contributed by atoms with Crippen LogP contribution in [-0.4, -0.2) is 46.4 Å². The molecule has 0 saturated carbocycles. The maximum absolute atomic E-state index is 12.6. The third kappa shape index (κ3) is 3.95. The Morgan fingerprint density at radius 2 is 2.00 bits per heavy atom. The number of carboxylic acids is 1. The molecule has 1 aliphatic rings. The van der Waals surface area contributed by atoms with Gasteiger partial charge in [-0.1, -0.05) is 23.2 Å². The van der Waals surface area contributed by atoms with Gasteiger partial charge in [0.1, 0.15) is 12.1 Å². The molecule has 0 aliphatic carbocycles. The van der Waals surface area contributed by atoms with Gasteiger partial charge < -0.3 is 15.3 Å². The van der Waals surface area contributed by atoms with Crippen LogP contribution in [0.1, 0.15) is 30.1 Å². The number of benzene rings is 1. The predicted octanol–water partition coefficient (Wildman–Crippen LogP) is 2.19. The van der Waals surface area contributed by atoms with Crippen LogP contribution in [0.5, 0.6) is 0 Å². The maximum Gasteiger partial charge on any atom is 0.325 e. The third-order valence-electron chi connectivity index (χ3n) is 3.71. The molecule has 23 heavy (non-hydrogen) atoms. The topological polar surface area (TPSA) is 86.7 Å². The van der Waals surface area contributed by atoms with Gasteiger partial charge in [-0.3, -0.25) is 14.4 Å². The molecule has 124 valence electrons. The van der Waals surface area contributed by atoms with Gasteiger partial charge in [0.05, 0.1) is 10.0 Å². The van der Waals surface area contributed by atoms with Gasteiger partial charge in [-0.15, -0.1) is 0 Å². The number of carbonyl (C=O) groups excluding carboxylic acids is 2. The van der Waals surface area contributed by atoms with Gasteiger partial charge in [-0.05, 0) is 38.0 Å². The molecular weight excluding hydrogens is 343 g/mol. The number of halogens is 2. The molecule has 8 heteroatoms. The van der Waals surface area contributed by atoms with Gasteiger partial charge >= 0.3 is 5.97 Å². The van der Waals surface area contributed by atoms with E-state index in [1.165, 1.54) is 24.0 Å². The number of hydrogen-bond acceptors (Lipinski definition) is 3. The van der Waals surface area contributed by atoms with Crippen LogP contribution in [0.3, 0.4) is 0 Å². The fourth-order valence-corrected chi connectivity index (χ4v) is 2.75. The third-order valence-corrected chi connectivity index (χ3v) is 4.45. The molecule has 1 aromatic carbocycles. The minimum Gasteiger partial charge on any atom is -0.480 e. The second-order valence-corrected chi connectivity index (χ2v) is 6.17. The van der Waals surface area contributed by atoms with E-state index in [0.717, 1.165) is 0 Å². The molecule has 1 saturated heterocycles. The van der Waals surface area contributed by atoms with Crippen molar-refractivity contribution in [2.24, 2.45) is 0 Å². The molecule has 2 rings (SSSR count). The standard InChI is InChI=1S/C15H16Cl2N2O4/c1-8(15(22)23)18-13(20)12-3-2-6-19(12)14(21)9-4-5-10(16)11(17)7-9/h4-5,7-8,12H,2-3,6H2,1H3,(H,18,20)(H,22,23)/t8-,12-/m1/s1. The highest BCUT2D eigenvalue weighted by Crippen LogP contribution is 2.26. The minimum absolute atomic E-state index is 0.261. The zero-order valence-electron chi connectivity index (χ0n) is 12.4. The molecular formula is C15H16Cl2N2O4. The lowest BCUT2D eigenvalue weighted by molar-refractivity contribution is -0.141. The van der Waals surface area contributed by atoms with Crippen LogP contribution < -0.4 is 5.32 Å². The van der Waals surface area contributed by atoms with Crippen LogP contribution in [-0.2, 0) is 9.59 Å². The number of aliphatic carboxylic acids is 1. The Labute approximate surface area is 143 Å². The summed E-state index contributed by atoms with van der Waals surface area (Å²) in [5.41, 5.74) is 0.338. The van der Waals surface area contributed by atoms with Crippen LogP contribution in [0.2, 0.25) is 10.0 Å². The van der Waals surface area contributed by atoms with E-state index < -0.39 is 24.0 Å². The number of carbonyl (C=O) groups is 3. The number of rotatable bonds is 4. The second-order valence-electron chi connectivity index (χ2n) is 5.35. The number of likely N-dealkylation sites (tertiary alicyclic amines) is 1. The molecule has 2 N–H and O–H groups in total. The molecule has 2 atom stereocenters. The van der Waals surface area contributed by atoms with E-state index in [4.69, 9.17) is 28.3 Å². The summed E-state index contributed by atoms with van der Waals surface area (Å²) >= 11 is 11.8. The summed E-state index contributed by atoms with van der Waals surface area (Å²) in [5.74, 6) is -1.92. The van der Waals surface area contributed by atoms with E-state index in [2.05, 4.69) is 5.32 Å². The summed E-state index contributed by atoms with van der Waals surface area (Å²) in [7, 11) is 0. The van der Waals surface area contributed by atoms with Crippen molar-refractivity contribution in [1.29, 1.82) is 0 Å². The molecule has 6 nitrogen and oxygen atoms in total. The van der Waals surface area contributed by atoms with E-state index in [0.29, 0.717) is 30.0 Å². The molecule has 1 aliphatic heterocycles. The summed E-state index contributed by atoms with van der Waals surface area (Å²) in [6.45, 7) is 1.80. The quantitative estimate of drug-likeness (QED) is 0.863. The Morgan fingerprint density at radius 3 is 2.61 bits per heavy atom. The van der Waals surface area contributed by atoms with Crippen molar-refractivity contribution in [2.75, 3.05) is 6.54 Å². The van der Waals surface area contributed by atoms with Crippen LogP contribution in [0.15, 0.2) is 18.2 Å². The van der Waals surface area contributed by atoms with Gasteiger partial charge in [-0.2, -0.15) is 0 Å². The highest BCUT2D eigenvalue weighted by Gasteiger charge is 2.35. The molecule has 0 bridgehead atoms. The van der Waals surface area contributed by atoms with E-state index in [9.17, 15) is 14.4 Å². The fraction of sp³-hybridized carbons (Fsp3) is 0.400. The second kappa shape index (κ2) is 7.19. The van der Waals surface area contributed by atoms with Crippen molar-refractivity contribution in [1.82, 2.24) is 10.2 Å². The summed E-state index contributed by atoms with van der Waals surface area (Å²) in [4.78, 5) is 37.1. The first-order valence-electron chi connectivity index (χ1n) is 7.10. The van der Waals surface area contributed by atoms with Crippen molar-refractivity contribution < 1.29 is 19.5 Å². The molecule has 0 aromatic heterocycles. The van der Waals surface area contributed by atoms with Gasteiger partial charge in [0, 0.05) is 12.1 Å². The van der Waals surface area contributed by atoms with E-state index >= 15 is 0 Å². The summed E-state index contributed by atoms with van der Waals surface area (Å²) in [5, 5.41) is 11.9. The van der Waals surface area contributed by atoms with Gasteiger partial charge in [0.15, 0.2) is 0 Å². The predicted molar refractivity (Wildman–Crippen MR) is 85.8 cm³/mol. The average molecular weight is 359 g/mol. The summed E-state index contributed by atoms with van der Waals surface area (Å²) in [6, 6.07) is 2.83. The number of hydrogen-bond donors (Lipinski definition) is 2. The molecule has 0 unspecified atom stereocenters. The van der Waals surface area contributed by atoms with Crippen LogP contribution in [0.25, 0.3) is 0 Å². The van der Waals surface area contributed by atoms with Crippen LogP contribution in [0, 0.1) is 0 Å². The first-order chi connectivity index (χ1) is 10.8. The number of carboxylic acid groups (broad SMARTS) is 1. The Hall–Kier alpha value is -1.79. The Kier molecular flexibility index (Phi) is 5.49. The molecule has 1 heterocycles. The lowest BCUT2D eigenvalue weighted by Crippen LogP contribution is -2.50. The van der Waals surface area contributed by atoms with E-state index in [1.54, 1.807) is 6.07 Å². The SMILES string of the molecule is C[C@@H](NC(=O)[C@H]1CCCN1C(=O)c1ccc(Cl)c(Cl)c1)C(=O)O. The minimum atomic E-state index is -1.13. The van der Waals surface area contributed by atoms with Crippen molar-refractivity contribution in [3.63, 3.8) is 0 Å². The maximum atomic E-state index is 12.6. The number of amides is 2. The zero-order valence-corrected chi connectivity index (χ0v) is 13.9. The molecule has 0 spiro atoms. The van der Waals surface area contributed by atoms with Gasteiger partial charge in [0.2, 0.25) is 5.91 Å². The number of nitrogens with one attached hydrogen (secondary N) is 1. The number of nitrogens with zero attached hydrogens (tertiary/aromatic N) is 1. The lowest BCUT2D eigenvalue weighted by Gasteiger charge is -2.25.